The molecule has 4 heterocycles. The maximum absolute atomic E-state index is 14.1. The lowest BCUT2D eigenvalue weighted by Crippen LogP contribution is -2.48. The fourth-order valence-electron chi connectivity index (χ4n) is 5.79. The lowest BCUT2D eigenvalue weighted by atomic mass is 9.76. The maximum Gasteiger partial charge on any atom is 0.203 e. The molecule has 2 aliphatic heterocycles. The quantitative estimate of drug-likeness (QED) is 0.397. The third-order valence-electron chi connectivity index (χ3n) is 7.74. The van der Waals surface area contributed by atoms with E-state index in [9.17, 15) is 4.39 Å². The molecule has 0 bridgehead atoms. The third-order valence-corrected chi connectivity index (χ3v) is 7.74. The molecule has 38 heavy (non-hydrogen) atoms. The molecule has 1 aliphatic carbocycles. The van der Waals surface area contributed by atoms with E-state index in [1.807, 2.05) is 12.1 Å². The van der Waals surface area contributed by atoms with Gasteiger partial charge in [-0.3, -0.25) is 10.1 Å². The fourth-order valence-corrected chi connectivity index (χ4v) is 5.79. The number of H-pyrrole nitrogens is 1. The number of morpholine rings is 1. The van der Waals surface area contributed by atoms with E-state index in [0.717, 1.165) is 55.7 Å². The standard InChI is InChI=1S/C27H33FN8O2/c1-37-22-14-20(36-9-11-38-12-10-36)7-8-21(22)31-26-32-25-23(27(29,33-26)18-5-3-2-4-6-18)24(34-35-25)17-13-19(28)16-30-15-17/h7-8,13-16,18H,2-6,9-12,29H2,1H3,(H3,31,32,33,34,35). The van der Waals surface area contributed by atoms with Gasteiger partial charge in [0.05, 0.1) is 43.5 Å². The van der Waals surface area contributed by atoms with Crippen LogP contribution in [0, 0.1) is 11.7 Å². The minimum Gasteiger partial charge on any atom is -0.494 e. The highest BCUT2D eigenvalue weighted by molar-refractivity contribution is 6.06. The second-order valence-electron chi connectivity index (χ2n) is 10.1. The SMILES string of the molecule is COc1cc(N2CCOCC2)ccc1NC1=NC(N)(C2CCCCC2)c2c(n[nH]c2-c2cncc(F)c2)N1. The number of ether oxygens (including phenoxy) is 2. The zero-order chi connectivity index (χ0) is 26.1. The molecule has 10 nitrogen and oxygen atoms in total. The summed E-state index contributed by atoms with van der Waals surface area (Å²) < 4.78 is 25.3. The number of hydrogen-bond acceptors (Lipinski definition) is 9. The fraction of sp³-hybridized carbons (Fsp3) is 0.444. The number of aromatic nitrogens is 3. The first-order valence-electron chi connectivity index (χ1n) is 13.2. The average Bonchev–Trinajstić information content (AvgIpc) is 3.39. The number of fused-ring (bicyclic) bond motifs is 1. The van der Waals surface area contributed by atoms with Gasteiger partial charge >= 0.3 is 0 Å². The van der Waals surface area contributed by atoms with Crippen LogP contribution in [0.3, 0.4) is 0 Å². The highest BCUT2D eigenvalue weighted by Gasteiger charge is 2.45. The summed E-state index contributed by atoms with van der Waals surface area (Å²) in [4.78, 5) is 11.4. The van der Waals surface area contributed by atoms with E-state index in [4.69, 9.17) is 20.2 Å². The van der Waals surface area contributed by atoms with E-state index in [1.54, 1.807) is 13.3 Å². The van der Waals surface area contributed by atoms with Crippen molar-refractivity contribution in [3.05, 3.63) is 48.0 Å². The number of methoxy groups -OCH3 is 1. The van der Waals surface area contributed by atoms with E-state index >= 15 is 0 Å². The van der Waals surface area contributed by atoms with Gasteiger partial charge in [0.1, 0.15) is 17.2 Å². The monoisotopic (exact) mass is 520 g/mol. The number of guanidine groups is 1. The predicted octanol–water partition coefficient (Wildman–Crippen LogP) is 4.04. The Morgan fingerprint density at radius 1 is 1.16 bits per heavy atom. The molecule has 5 N–H and O–H groups in total. The summed E-state index contributed by atoms with van der Waals surface area (Å²) in [6.07, 6.45) is 8.07. The number of pyridine rings is 1. The number of aromatic amines is 1. The molecule has 2 fully saturated rings. The molecule has 6 rings (SSSR count). The smallest absolute Gasteiger partial charge is 0.203 e. The van der Waals surface area contributed by atoms with Crippen LogP contribution in [0.5, 0.6) is 5.75 Å². The average molecular weight is 521 g/mol. The van der Waals surface area contributed by atoms with Crippen LogP contribution in [0.15, 0.2) is 41.7 Å². The zero-order valence-corrected chi connectivity index (χ0v) is 21.5. The summed E-state index contributed by atoms with van der Waals surface area (Å²) in [6, 6.07) is 7.49. The zero-order valence-electron chi connectivity index (χ0n) is 21.5. The summed E-state index contributed by atoms with van der Waals surface area (Å²) in [5.74, 6) is 1.43. The second kappa shape index (κ2) is 10.2. The van der Waals surface area contributed by atoms with Gasteiger partial charge in [-0.15, -0.1) is 0 Å². The van der Waals surface area contributed by atoms with Crippen LogP contribution in [-0.4, -0.2) is 54.6 Å². The molecule has 1 aromatic carbocycles. The van der Waals surface area contributed by atoms with Crippen molar-refractivity contribution in [2.24, 2.45) is 16.6 Å². The molecule has 0 spiro atoms. The van der Waals surface area contributed by atoms with Crippen molar-refractivity contribution >= 4 is 23.2 Å². The lowest BCUT2D eigenvalue weighted by Gasteiger charge is -2.40. The Kier molecular flexibility index (Phi) is 6.62. The number of benzene rings is 1. The molecule has 1 atom stereocenters. The Bertz CT molecular complexity index is 1330. The van der Waals surface area contributed by atoms with E-state index in [2.05, 4.69) is 36.8 Å². The minimum absolute atomic E-state index is 0.109. The van der Waals surface area contributed by atoms with E-state index in [-0.39, 0.29) is 5.92 Å². The van der Waals surface area contributed by atoms with Gasteiger partial charge < -0.3 is 30.7 Å². The van der Waals surface area contributed by atoms with Gasteiger partial charge in [0, 0.05) is 42.5 Å². The number of nitrogens with two attached hydrogens (primary N) is 1. The summed E-state index contributed by atoms with van der Waals surface area (Å²) in [5.41, 5.74) is 9.93. The van der Waals surface area contributed by atoms with Crippen molar-refractivity contribution in [1.82, 2.24) is 15.2 Å². The van der Waals surface area contributed by atoms with Crippen molar-refractivity contribution in [1.29, 1.82) is 0 Å². The van der Waals surface area contributed by atoms with E-state index in [0.29, 0.717) is 42.0 Å². The van der Waals surface area contributed by atoms with Gasteiger partial charge in [0.25, 0.3) is 0 Å². The topological polar surface area (TPSA) is 126 Å². The van der Waals surface area contributed by atoms with Crippen molar-refractivity contribution < 1.29 is 13.9 Å². The highest BCUT2D eigenvalue weighted by Crippen LogP contribution is 2.46. The lowest BCUT2D eigenvalue weighted by molar-refractivity contribution is 0.122. The molecule has 1 saturated heterocycles. The third kappa shape index (κ3) is 4.56. The number of aliphatic imine (C=N–C) groups is 1. The van der Waals surface area contributed by atoms with Gasteiger partial charge in [-0.05, 0) is 31.0 Å². The molecule has 0 radical (unpaired) electrons. The number of nitrogens with zero attached hydrogens (tertiary/aromatic N) is 4. The Hall–Kier alpha value is -3.70. The largest absolute Gasteiger partial charge is 0.494 e. The number of nitrogens with one attached hydrogen (secondary N) is 3. The van der Waals surface area contributed by atoms with Gasteiger partial charge in [-0.25, -0.2) is 9.38 Å². The summed E-state index contributed by atoms with van der Waals surface area (Å²) in [7, 11) is 1.65. The first kappa shape index (κ1) is 24.6. The maximum atomic E-state index is 14.1. The molecular weight excluding hydrogens is 487 g/mol. The van der Waals surface area contributed by atoms with Crippen LogP contribution < -0.4 is 26.0 Å². The van der Waals surface area contributed by atoms with Crippen LogP contribution in [-0.2, 0) is 10.4 Å². The summed E-state index contributed by atoms with van der Waals surface area (Å²) >= 11 is 0. The Morgan fingerprint density at radius 3 is 2.74 bits per heavy atom. The summed E-state index contributed by atoms with van der Waals surface area (Å²) in [6.45, 7) is 3.10. The van der Waals surface area contributed by atoms with Crippen LogP contribution >= 0.6 is 0 Å². The number of hydrogen-bond donors (Lipinski definition) is 4. The van der Waals surface area contributed by atoms with E-state index < -0.39 is 11.5 Å². The first-order valence-corrected chi connectivity index (χ1v) is 13.2. The number of halogens is 1. The molecule has 11 heteroatoms. The Morgan fingerprint density at radius 2 is 1.97 bits per heavy atom. The van der Waals surface area contributed by atoms with Gasteiger partial charge in [0.15, 0.2) is 5.82 Å². The normalized spacial score (nSPS) is 21.9. The molecule has 0 amide bonds. The van der Waals surface area contributed by atoms with E-state index in [1.165, 1.54) is 18.7 Å². The second-order valence-corrected chi connectivity index (χ2v) is 10.1. The Labute approximate surface area is 220 Å². The van der Waals surface area contributed by atoms with Crippen LogP contribution in [0.1, 0.15) is 37.7 Å². The van der Waals surface area contributed by atoms with Crippen molar-refractivity contribution in [2.45, 2.75) is 37.8 Å². The van der Waals surface area contributed by atoms with Crippen molar-refractivity contribution in [2.75, 3.05) is 48.9 Å². The molecule has 3 aliphatic rings. The molecule has 3 aromatic rings. The highest BCUT2D eigenvalue weighted by atomic mass is 19.1. The van der Waals surface area contributed by atoms with Crippen molar-refractivity contribution in [3.63, 3.8) is 0 Å². The Balaban J connectivity index is 1.36. The molecule has 1 saturated carbocycles. The predicted molar refractivity (Wildman–Crippen MR) is 145 cm³/mol. The first-order chi connectivity index (χ1) is 18.5. The number of rotatable bonds is 5. The van der Waals surface area contributed by atoms with Crippen LogP contribution in [0.25, 0.3) is 11.3 Å². The molecule has 1 unspecified atom stereocenters. The van der Waals surface area contributed by atoms with Crippen LogP contribution in [0.4, 0.5) is 21.6 Å². The molecule has 2 aromatic heterocycles. The minimum atomic E-state index is -1.06. The van der Waals surface area contributed by atoms with Crippen LogP contribution in [0.2, 0.25) is 0 Å². The van der Waals surface area contributed by atoms with Gasteiger partial charge in [0.2, 0.25) is 5.96 Å². The van der Waals surface area contributed by atoms with Gasteiger partial charge in [-0.1, -0.05) is 19.3 Å². The van der Waals surface area contributed by atoms with Gasteiger partial charge in [-0.2, -0.15) is 5.10 Å². The summed E-state index contributed by atoms with van der Waals surface area (Å²) in [5, 5.41) is 14.3. The molecular formula is C27H33FN8O2. The van der Waals surface area contributed by atoms with Crippen molar-refractivity contribution in [3.8, 4) is 17.0 Å². The molecule has 200 valence electrons. The number of anilines is 3.